The SMILES string of the molecule is CC.CC(C)=C/C=C(\C)c1ccccc1.CON1C(=O)CNC1(C)C. The maximum atomic E-state index is 11.0. The second-order valence-electron chi connectivity index (χ2n) is 6.24. The largest absolute Gasteiger partial charge is 0.284 e. The molecule has 140 valence electrons. The van der Waals surface area contributed by atoms with Crippen molar-refractivity contribution < 1.29 is 9.63 Å². The van der Waals surface area contributed by atoms with Crippen LogP contribution in [0.2, 0.25) is 0 Å². The minimum atomic E-state index is -0.355. The number of rotatable bonds is 3. The van der Waals surface area contributed by atoms with Crippen LogP contribution in [-0.2, 0) is 9.63 Å². The lowest BCUT2D eigenvalue weighted by molar-refractivity contribution is -0.191. The highest BCUT2D eigenvalue weighted by molar-refractivity contribution is 5.80. The standard InChI is InChI=1S/C13H16.C6H12N2O2.C2H6/c1-11(2)9-10-12(3)13-7-5-4-6-8-13;1-6(2)7-4-5(9)8(6)10-3;1-2/h4-10H,1-3H3;7H,4H2,1-3H3;1-2H3/b12-10+;;. The van der Waals surface area contributed by atoms with Gasteiger partial charge in [0.05, 0.1) is 13.7 Å². The molecule has 0 bridgehead atoms. The molecule has 0 atom stereocenters. The highest BCUT2D eigenvalue weighted by Crippen LogP contribution is 2.15. The first-order valence-electron chi connectivity index (χ1n) is 8.77. The quantitative estimate of drug-likeness (QED) is 0.800. The van der Waals surface area contributed by atoms with E-state index in [0.29, 0.717) is 6.54 Å². The maximum Gasteiger partial charge on any atom is 0.261 e. The summed E-state index contributed by atoms with van der Waals surface area (Å²) >= 11 is 0. The number of carbonyl (C=O) groups is 1. The molecule has 1 aromatic carbocycles. The number of carbonyl (C=O) groups excluding carboxylic acids is 1. The molecule has 1 aliphatic rings. The second kappa shape index (κ2) is 11.6. The van der Waals surface area contributed by atoms with E-state index in [-0.39, 0.29) is 11.6 Å². The lowest BCUT2D eigenvalue weighted by Gasteiger charge is -2.27. The fraction of sp³-hybridized carbons (Fsp3) is 0.476. The summed E-state index contributed by atoms with van der Waals surface area (Å²) in [6.45, 7) is 14.5. The van der Waals surface area contributed by atoms with Gasteiger partial charge in [-0.05, 0) is 45.8 Å². The van der Waals surface area contributed by atoms with Gasteiger partial charge in [0.2, 0.25) is 0 Å². The van der Waals surface area contributed by atoms with E-state index < -0.39 is 0 Å². The smallest absolute Gasteiger partial charge is 0.261 e. The van der Waals surface area contributed by atoms with Crippen molar-refractivity contribution in [2.45, 2.75) is 54.1 Å². The normalized spacial score (nSPS) is 15.6. The average Bonchev–Trinajstić information content (AvgIpc) is 2.88. The van der Waals surface area contributed by atoms with E-state index in [1.165, 1.54) is 28.9 Å². The van der Waals surface area contributed by atoms with Gasteiger partial charge in [0, 0.05) is 0 Å². The molecule has 4 nitrogen and oxygen atoms in total. The van der Waals surface area contributed by atoms with Crippen LogP contribution in [0.25, 0.3) is 5.57 Å². The number of nitrogens with one attached hydrogen (secondary N) is 1. The van der Waals surface area contributed by atoms with Crippen LogP contribution in [0.3, 0.4) is 0 Å². The third kappa shape index (κ3) is 8.14. The fourth-order valence-electron chi connectivity index (χ4n) is 2.17. The third-order valence-electron chi connectivity index (χ3n) is 3.48. The van der Waals surface area contributed by atoms with Crippen LogP contribution in [0.1, 0.15) is 54.0 Å². The van der Waals surface area contributed by atoms with Crippen molar-refractivity contribution in [1.29, 1.82) is 0 Å². The molecule has 1 aromatic rings. The molecule has 1 N–H and O–H groups in total. The Morgan fingerprint density at radius 1 is 1.12 bits per heavy atom. The van der Waals surface area contributed by atoms with Gasteiger partial charge in [-0.2, -0.15) is 0 Å². The summed E-state index contributed by atoms with van der Waals surface area (Å²) in [6, 6.07) is 10.4. The van der Waals surface area contributed by atoms with E-state index in [9.17, 15) is 4.79 Å². The number of hydrogen-bond acceptors (Lipinski definition) is 3. The van der Waals surface area contributed by atoms with Crippen molar-refractivity contribution in [3.63, 3.8) is 0 Å². The third-order valence-corrected chi connectivity index (χ3v) is 3.48. The summed E-state index contributed by atoms with van der Waals surface area (Å²) in [5, 5.41) is 4.34. The van der Waals surface area contributed by atoms with Gasteiger partial charge in [-0.1, -0.05) is 61.9 Å². The fourth-order valence-corrected chi connectivity index (χ4v) is 2.17. The van der Waals surface area contributed by atoms with Crippen LogP contribution in [0.5, 0.6) is 0 Å². The average molecular weight is 347 g/mol. The van der Waals surface area contributed by atoms with Gasteiger partial charge in [0.15, 0.2) is 0 Å². The molecule has 0 saturated carbocycles. The molecule has 0 unspecified atom stereocenters. The van der Waals surface area contributed by atoms with Crippen LogP contribution < -0.4 is 5.32 Å². The van der Waals surface area contributed by atoms with Crippen molar-refractivity contribution in [3.05, 3.63) is 53.6 Å². The van der Waals surface area contributed by atoms with Crippen LogP contribution >= 0.6 is 0 Å². The van der Waals surface area contributed by atoms with E-state index in [4.69, 9.17) is 4.84 Å². The van der Waals surface area contributed by atoms with Crippen LogP contribution in [0.4, 0.5) is 0 Å². The van der Waals surface area contributed by atoms with Gasteiger partial charge < -0.3 is 0 Å². The van der Waals surface area contributed by atoms with Crippen molar-refractivity contribution in [1.82, 2.24) is 10.4 Å². The molecule has 4 heteroatoms. The Bertz CT molecular complexity index is 571. The Morgan fingerprint density at radius 2 is 1.68 bits per heavy atom. The zero-order valence-corrected chi connectivity index (χ0v) is 17.0. The molecule has 1 fully saturated rings. The summed E-state index contributed by atoms with van der Waals surface area (Å²) < 4.78 is 0. The van der Waals surface area contributed by atoms with E-state index in [1.54, 1.807) is 0 Å². The van der Waals surface area contributed by atoms with Crippen LogP contribution in [0, 0.1) is 0 Å². The maximum absolute atomic E-state index is 11.0. The first-order valence-corrected chi connectivity index (χ1v) is 8.77. The Morgan fingerprint density at radius 3 is 2.04 bits per heavy atom. The monoisotopic (exact) mass is 346 g/mol. The molecule has 0 radical (unpaired) electrons. The van der Waals surface area contributed by atoms with Crippen LogP contribution in [0.15, 0.2) is 48.1 Å². The van der Waals surface area contributed by atoms with E-state index >= 15 is 0 Å². The number of hydrogen-bond donors (Lipinski definition) is 1. The molecule has 2 rings (SSSR count). The van der Waals surface area contributed by atoms with Gasteiger partial charge in [-0.15, -0.1) is 0 Å². The van der Waals surface area contributed by atoms with E-state index in [2.05, 4.69) is 62.5 Å². The van der Waals surface area contributed by atoms with Gasteiger partial charge in [0.1, 0.15) is 5.66 Å². The number of hydroxylamine groups is 2. The zero-order valence-electron chi connectivity index (χ0n) is 17.0. The molecule has 0 aromatic heterocycles. The summed E-state index contributed by atoms with van der Waals surface area (Å²) in [7, 11) is 1.49. The van der Waals surface area contributed by atoms with Crippen molar-refractivity contribution in [2.24, 2.45) is 0 Å². The highest BCUT2D eigenvalue weighted by Gasteiger charge is 2.37. The minimum absolute atomic E-state index is 0.0208. The predicted molar refractivity (Wildman–Crippen MR) is 107 cm³/mol. The van der Waals surface area contributed by atoms with E-state index in [0.717, 1.165) is 0 Å². The lowest BCUT2D eigenvalue weighted by atomic mass is 10.1. The molecule has 25 heavy (non-hydrogen) atoms. The number of benzene rings is 1. The first-order chi connectivity index (χ1) is 11.8. The molecule has 1 amide bonds. The molecule has 1 heterocycles. The van der Waals surface area contributed by atoms with Crippen molar-refractivity contribution in [2.75, 3.05) is 13.7 Å². The molecule has 0 spiro atoms. The number of nitrogens with zero attached hydrogens (tertiary/aromatic N) is 1. The summed E-state index contributed by atoms with van der Waals surface area (Å²) in [5.74, 6) is -0.0208. The second-order valence-corrected chi connectivity index (χ2v) is 6.24. The Kier molecular flexibility index (Phi) is 10.7. The summed E-state index contributed by atoms with van der Waals surface area (Å²) in [5.41, 5.74) is 3.57. The van der Waals surface area contributed by atoms with Crippen molar-refractivity contribution >= 4 is 11.5 Å². The molecular weight excluding hydrogens is 312 g/mol. The highest BCUT2D eigenvalue weighted by atomic mass is 16.7. The lowest BCUT2D eigenvalue weighted by Crippen LogP contribution is -2.46. The van der Waals surface area contributed by atoms with Crippen molar-refractivity contribution in [3.8, 4) is 0 Å². The molecular formula is C21H34N2O2. The summed E-state index contributed by atoms with van der Waals surface area (Å²) in [6.07, 6.45) is 4.30. The Hall–Kier alpha value is -1.91. The van der Waals surface area contributed by atoms with Gasteiger partial charge in [0.25, 0.3) is 5.91 Å². The van der Waals surface area contributed by atoms with Crippen LogP contribution in [-0.4, -0.2) is 30.3 Å². The Labute approximate surface area is 153 Å². The number of amides is 1. The molecule has 1 aliphatic heterocycles. The topological polar surface area (TPSA) is 41.6 Å². The number of allylic oxidation sites excluding steroid dienone is 4. The predicted octanol–water partition coefficient (Wildman–Crippen LogP) is 4.80. The zero-order chi connectivity index (χ0) is 19.5. The summed E-state index contributed by atoms with van der Waals surface area (Å²) in [4.78, 5) is 15.8. The van der Waals surface area contributed by atoms with E-state index in [1.807, 2.05) is 33.8 Å². The van der Waals surface area contributed by atoms with Gasteiger partial charge in [-0.25, -0.2) is 5.06 Å². The Balaban J connectivity index is 0.000000430. The molecule has 1 saturated heterocycles. The van der Waals surface area contributed by atoms with Gasteiger partial charge in [-0.3, -0.25) is 14.9 Å². The first kappa shape index (κ1) is 23.1. The molecule has 0 aliphatic carbocycles. The van der Waals surface area contributed by atoms with Gasteiger partial charge >= 0.3 is 0 Å². The minimum Gasteiger partial charge on any atom is -0.284 e.